The molecule has 0 radical (unpaired) electrons. The quantitative estimate of drug-likeness (QED) is 0.833. The summed E-state index contributed by atoms with van der Waals surface area (Å²) in [6.45, 7) is 6.62. The Bertz CT molecular complexity index is 424. The zero-order chi connectivity index (χ0) is 13.1. The third-order valence-corrected chi connectivity index (χ3v) is 4.26. The van der Waals surface area contributed by atoms with Crippen molar-refractivity contribution < 1.29 is 4.74 Å². The lowest BCUT2D eigenvalue weighted by atomic mass is 10.1. The summed E-state index contributed by atoms with van der Waals surface area (Å²) in [4.78, 5) is 5.15. The Kier molecular flexibility index (Phi) is 3.89. The number of rotatable bonds is 4. The Labute approximate surface area is 115 Å². The molecule has 2 saturated heterocycles. The summed E-state index contributed by atoms with van der Waals surface area (Å²) in [6.07, 6.45) is 2.73. The molecule has 0 bridgehead atoms. The third kappa shape index (κ3) is 3.01. The zero-order valence-electron chi connectivity index (χ0n) is 11.4. The first-order chi connectivity index (χ1) is 9.33. The second kappa shape index (κ2) is 5.80. The van der Waals surface area contributed by atoms with Crippen molar-refractivity contribution in [2.24, 2.45) is 0 Å². The smallest absolute Gasteiger partial charge is 0.142 e. The van der Waals surface area contributed by atoms with Crippen LogP contribution in [0.2, 0.25) is 0 Å². The number of ether oxygens (including phenoxy) is 1. The molecule has 2 N–H and O–H groups in total. The Morgan fingerprint density at radius 2 is 2.11 bits per heavy atom. The molecule has 1 aromatic rings. The number of benzene rings is 1. The molecular weight excluding hydrogens is 238 g/mol. The molecule has 19 heavy (non-hydrogen) atoms. The van der Waals surface area contributed by atoms with E-state index in [9.17, 15) is 0 Å². The van der Waals surface area contributed by atoms with Crippen LogP contribution in [0, 0.1) is 0 Å². The molecule has 2 aliphatic heterocycles. The van der Waals surface area contributed by atoms with Crippen LogP contribution in [0.3, 0.4) is 0 Å². The molecule has 104 valence electrons. The Hall–Kier alpha value is -1.26. The van der Waals surface area contributed by atoms with Crippen molar-refractivity contribution >= 4 is 5.69 Å². The van der Waals surface area contributed by atoms with Crippen LogP contribution in [0.25, 0.3) is 0 Å². The summed E-state index contributed by atoms with van der Waals surface area (Å²) in [6, 6.07) is 8.50. The van der Waals surface area contributed by atoms with Gasteiger partial charge in [-0.1, -0.05) is 12.1 Å². The molecule has 0 saturated carbocycles. The molecular formula is C15H23N3O. The molecule has 1 aromatic carbocycles. The van der Waals surface area contributed by atoms with Gasteiger partial charge in [0, 0.05) is 32.2 Å². The van der Waals surface area contributed by atoms with Gasteiger partial charge in [0.1, 0.15) is 12.4 Å². The lowest BCUT2D eigenvalue weighted by Gasteiger charge is -2.37. The number of nitrogens with zero attached hydrogens (tertiary/aromatic N) is 2. The number of anilines is 1. The van der Waals surface area contributed by atoms with E-state index in [0.717, 1.165) is 30.6 Å². The van der Waals surface area contributed by atoms with Gasteiger partial charge >= 0.3 is 0 Å². The fraction of sp³-hybridized carbons (Fsp3) is 0.600. The van der Waals surface area contributed by atoms with Crippen molar-refractivity contribution in [3.8, 4) is 5.75 Å². The van der Waals surface area contributed by atoms with Gasteiger partial charge in [-0.3, -0.25) is 9.80 Å². The molecule has 4 nitrogen and oxygen atoms in total. The summed E-state index contributed by atoms with van der Waals surface area (Å²) >= 11 is 0. The fourth-order valence-corrected chi connectivity index (χ4v) is 3.16. The number of nitrogens with two attached hydrogens (primary N) is 1. The highest BCUT2D eigenvalue weighted by atomic mass is 16.5. The van der Waals surface area contributed by atoms with E-state index in [1.54, 1.807) is 0 Å². The summed E-state index contributed by atoms with van der Waals surface area (Å²) in [7, 11) is 0. The minimum atomic E-state index is 0.723. The topological polar surface area (TPSA) is 41.7 Å². The average molecular weight is 261 g/mol. The first kappa shape index (κ1) is 12.8. The molecule has 1 unspecified atom stereocenters. The van der Waals surface area contributed by atoms with Crippen LogP contribution < -0.4 is 10.5 Å². The predicted molar refractivity (Wildman–Crippen MR) is 77.4 cm³/mol. The normalized spacial score (nSPS) is 24.3. The molecule has 2 heterocycles. The molecule has 0 amide bonds. The minimum Gasteiger partial charge on any atom is -0.490 e. The van der Waals surface area contributed by atoms with Crippen LogP contribution in [0.1, 0.15) is 12.8 Å². The number of hydrogen-bond donors (Lipinski definition) is 1. The van der Waals surface area contributed by atoms with E-state index in [0.29, 0.717) is 0 Å². The van der Waals surface area contributed by atoms with E-state index in [4.69, 9.17) is 10.5 Å². The highest BCUT2D eigenvalue weighted by molar-refractivity contribution is 5.51. The maximum absolute atomic E-state index is 5.86. The molecule has 4 heteroatoms. The van der Waals surface area contributed by atoms with Gasteiger partial charge in [0.05, 0.1) is 5.69 Å². The van der Waals surface area contributed by atoms with Gasteiger partial charge < -0.3 is 10.5 Å². The van der Waals surface area contributed by atoms with Gasteiger partial charge in [-0.05, 0) is 31.5 Å². The standard InChI is InChI=1S/C15H23N3O/c16-14-5-1-2-6-15(14)19-11-10-17-8-9-18-7-3-4-13(18)12-17/h1-2,5-6,13H,3-4,7-12,16H2. The maximum Gasteiger partial charge on any atom is 0.142 e. The van der Waals surface area contributed by atoms with Gasteiger partial charge in [-0.15, -0.1) is 0 Å². The number of nitrogen functional groups attached to an aromatic ring is 1. The van der Waals surface area contributed by atoms with Gasteiger partial charge in [0.15, 0.2) is 0 Å². The lowest BCUT2D eigenvalue weighted by Crippen LogP contribution is -2.50. The molecule has 2 aliphatic rings. The monoisotopic (exact) mass is 261 g/mol. The molecule has 1 atom stereocenters. The lowest BCUT2D eigenvalue weighted by molar-refractivity contribution is 0.0924. The van der Waals surface area contributed by atoms with Crippen LogP contribution in [-0.2, 0) is 0 Å². The minimum absolute atomic E-state index is 0.723. The Morgan fingerprint density at radius 3 is 3.00 bits per heavy atom. The molecule has 0 aromatic heterocycles. The number of fused-ring (bicyclic) bond motifs is 1. The second-order valence-electron chi connectivity index (χ2n) is 5.52. The second-order valence-corrected chi connectivity index (χ2v) is 5.52. The highest BCUT2D eigenvalue weighted by Crippen LogP contribution is 2.22. The van der Waals surface area contributed by atoms with E-state index < -0.39 is 0 Å². The maximum atomic E-state index is 5.86. The van der Waals surface area contributed by atoms with Gasteiger partial charge in [-0.25, -0.2) is 0 Å². The molecule has 0 spiro atoms. The van der Waals surface area contributed by atoms with Gasteiger partial charge in [0.25, 0.3) is 0 Å². The summed E-state index contributed by atoms with van der Waals surface area (Å²) in [5.41, 5.74) is 6.59. The van der Waals surface area contributed by atoms with Crippen molar-refractivity contribution in [3.05, 3.63) is 24.3 Å². The van der Waals surface area contributed by atoms with Crippen molar-refractivity contribution in [3.63, 3.8) is 0 Å². The summed E-state index contributed by atoms with van der Waals surface area (Å²) < 4.78 is 5.77. The summed E-state index contributed by atoms with van der Waals surface area (Å²) in [5, 5.41) is 0. The van der Waals surface area contributed by atoms with E-state index >= 15 is 0 Å². The number of para-hydroxylation sites is 2. The van der Waals surface area contributed by atoms with Crippen LogP contribution >= 0.6 is 0 Å². The fourth-order valence-electron chi connectivity index (χ4n) is 3.16. The van der Waals surface area contributed by atoms with E-state index in [2.05, 4.69) is 9.80 Å². The van der Waals surface area contributed by atoms with Crippen LogP contribution in [0.15, 0.2) is 24.3 Å². The van der Waals surface area contributed by atoms with E-state index in [1.165, 1.54) is 39.0 Å². The summed E-state index contributed by atoms with van der Waals surface area (Å²) in [5.74, 6) is 0.807. The SMILES string of the molecule is Nc1ccccc1OCCN1CCN2CCCC2C1. The van der Waals surface area contributed by atoms with Crippen LogP contribution in [0.4, 0.5) is 5.69 Å². The average Bonchev–Trinajstić information content (AvgIpc) is 2.88. The Morgan fingerprint density at radius 1 is 1.21 bits per heavy atom. The molecule has 3 rings (SSSR count). The first-order valence-corrected chi connectivity index (χ1v) is 7.26. The van der Waals surface area contributed by atoms with E-state index in [-0.39, 0.29) is 0 Å². The molecule has 0 aliphatic carbocycles. The number of piperazine rings is 1. The van der Waals surface area contributed by atoms with Crippen molar-refractivity contribution in [2.45, 2.75) is 18.9 Å². The van der Waals surface area contributed by atoms with Crippen LogP contribution in [-0.4, -0.2) is 55.2 Å². The predicted octanol–water partition coefficient (Wildman–Crippen LogP) is 1.43. The van der Waals surface area contributed by atoms with E-state index in [1.807, 2.05) is 24.3 Å². The van der Waals surface area contributed by atoms with Crippen molar-refractivity contribution in [1.82, 2.24) is 9.80 Å². The Balaban J connectivity index is 1.44. The van der Waals surface area contributed by atoms with Gasteiger partial charge in [0.2, 0.25) is 0 Å². The van der Waals surface area contributed by atoms with Crippen LogP contribution in [0.5, 0.6) is 5.75 Å². The number of hydrogen-bond acceptors (Lipinski definition) is 4. The largest absolute Gasteiger partial charge is 0.490 e. The third-order valence-electron chi connectivity index (χ3n) is 4.26. The molecule has 2 fully saturated rings. The zero-order valence-corrected chi connectivity index (χ0v) is 11.4. The van der Waals surface area contributed by atoms with Crippen molar-refractivity contribution in [2.75, 3.05) is 45.1 Å². The van der Waals surface area contributed by atoms with Crippen molar-refractivity contribution in [1.29, 1.82) is 0 Å². The van der Waals surface area contributed by atoms with Gasteiger partial charge in [-0.2, -0.15) is 0 Å². The highest BCUT2D eigenvalue weighted by Gasteiger charge is 2.30. The first-order valence-electron chi connectivity index (χ1n) is 7.26.